The van der Waals surface area contributed by atoms with E-state index in [4.69, 9.17) is 0 Å². The Labute approximate surface area is 184 Å². The second kappa shape index (κ2) is 8.48. The van der Waals surface area contributed by atoms with E-state index >= 15 is 0 Å². The molecule has 2 unspecified atom stereocenters. The van der Waals surface area contributed by atoms with Crippen LogP contribution in [0.2, 0.25) is 0 Å². The van der Waals surface area contributed by atoms with Gasteiger partial charge in [0, 0.05) is 50.0 Å². The first kappa shape index (κ1) is 22.7. The maximum Gasteiger partial charge on any atom is 0.227 e. The highest BCUT2D eigenvalue weighted by molar-refractivity contribution is 5.81. The second-order valence-electron chi connectivity index (χ2n) is 9.00. The van der Waals surface area contributed by atoms with Crippen molar-refractivity contribution in [3.05, 3.63) is 70.8 Å². The summed E-state index contributed by atoms with van der Waals surface area (Å²) >= 11 is 0. The van der Waals surface area contributed by atoms with E-state index in [1.165, 1.54) is 18.2 Å². The van der Waals surface area contributed by atoms with Crippen molar-refractivity contribution in [3.63, 3.8) is 0 Å². The van der Waals surface area contributed by atoms with Gasteiger partial charge in [-0.2, -0.15) is 0 Å². The van der Waals surface area contributed by atoms with E-state index in [1.807, 2.05) is 0 Å². The molecule has 2 aromatic rings. The zero-order chi connectivity index (χ0) is 23.2. The average molecular weight is 450 g/mol. The predicted molar refractivity (Wildman–Crippen MR) is 111 cm³/mol. The van der Waals surface area contributed by atoms with E-state index in [-0.39, 0.29) is 30.1 Å². The Bertz CT molecular complexity index is 999. The molecule has 0 aromatic heterocycles. The summed E-state index contributed by atoms with van der Waals surface area (Å²) in [6.45, 7) is 4.23. The number of aliphatic hydroxyl groups is 1. The van der Waals surface area contributed by atoms with Crippen LogP contribution in [0.3, 0.4) is 0 Å². The van der Waals surface area contributed by atoms with Gasteiger partial charge in [-0.3, -0.25) is 4.79 Å². The molecule has 0 bridgehead atoms. The second-order valence-corrected chi connectivity index (χ2v) is 9.00. The molecule has 0 aliphatic carbocycles. The van der Waals surface area contributed by atoms with Crippen LogP contribution >= 0.6 is 0 Å². The molecule has 4 atom stereocenters. The largest absolute Gasteiger partial charge is 0.384 e. The van der Waals surface area contributed by atoms with E-state index in [2.05, 4.69) is 5.32 Å². The molecule has 32 heavy (non-hydrogen) atoms. The van der Waals surface area contributed by atoms with E-state index < -0.39 is 52.5 Å². The molecule has 8 heteroatoms. The minimum Gasteiger partial charge on any atom is -0.384 e. The first-order valence-corrected chi connectivity index (χ1v) is 10.8. The molecule has 2 saturated heterocycles. The fourth-order valence-corrected chi connectivity index (χ4v) is 5.35. The number of nitrogens with one attached hydrogen (secondary N) is 1. The molecule has 4 nitrogen and oxygen atoms in total. The van der Waals surface area contributed by atoms with Gasteiger partial charge in [-0.15, -0.1) is 0 Å². The Balaban J connectivity index is 1.58. The van der Waals surface area contributed by atoms with Crippen molar-refractivity contribution in [2.24, 2.45) is 17.8 Å². The third-order valence-electron chi connectivity index (χ3n) is 7.06. The fourth-order valence-electron chi connectivity index (χ4n) is 5.35. The molecule has 2 N–H and O–H groups in total. The highest BCUT2D eigenvalue weighted by atomic mass is 19.1. The third kappa shape index (κ3) is 3.69. The van der Waals surface area contributed by atoms with Crippen molar-refractivity contribution in [1.82, 2.24) is 10.2 Å². The molecule has 2 aliphatic rings. The van der Waals surface area contributed by atoms with Crippen molar-refractivity contribution in [1.29, 1.82) is 0 Å². The number of piperidine rings is 1. The van der Waals surface area contributed by atoms with Gasteiger partial charge in [0.15, 0.2) is 0 Å². The van der Waals surface area contributed by atoms with E-state index in [1.54, 1.807) is 18.7 Å². The lowest BCUT2D eigenvalue weighted by Crippen LogP contribution is -2.57. The lowest BCUT2D eigenvalue weighted by molar-refractivity contribution is -0.153. The molecule has 2 aliphatic heterocycles. The molecule has 0 radical (unpaired) electrons. The van der Waals surface area contributed by atoms with Gasteiger partial charge < -0.3 is 15.3 Å². The number of carbonyl (C=O) groups is 1. The Morgan fingerprint density at radius 2 is 1.62 bits per heavy atom. The minimum atomic E-state index is -1.78. The molecule has 1 amide bonds. The molecule has 0 spiro atoms. The number of hydrogen-bond donors (Lipinski definition) is 2. The minimum absolute atomic E-state index is 0.0998. The van der Waals surface area contributed by atoms with Gasteiger partial charge in [0.05, 0.1) is 11.5 Å². The SMILES string of the molecule is CC1CN(C(=O)[C@@H]2CNC[C@H]2c2ccc(F)cc2F)CC(C)C1(O)c1c(F)cccc1F. The van der Waals surface area contributed by atoms with Crippen LogP contribution in [0.25, 0.3) is 0 Å². The van der Waals surface area contributed by atoms with Crippen molar-refractivity contribution in [2.75, 3.05) is 26.2 Å². The number of carbonyl (C=O) groups excluding carboxylic acids is 1. The number of likely N-dealkylation sites (tertiary alicyclic amines) is 1. The highest BCUT2D eigenvalue weighted by Crippen LogP contribution is 2.44. The van der Waals surface area contributed by atoms with Crippen LogP contribution in [0.4, 0.5) is 17.6 Å². The van der Waals surface area contributed by atoms with Crippen LogP contribution in [-0.2, 0) is 10.4 Å². The first-order valence-electron chi connectivity index (χ1n) is 10.8. The van der Waals surface area contributed by atoms with E-state index in [0.717, 1.165) is 18.2 Å². The summed E-state index contributed by atoms with van der Waals surface area (Å²) < 4.78 is 56.7. The zero-order valence-electron chi connectivity index (χ0n) is 17.9. The maximum absolute atomic E-state index is 14.5. The third-order valence-corrected chi connectivity index (χ3v) is 7.06. The van der Waals surface area contributed by atoms with E-state index in [9.17, 15) is 27.5 Å². The Kier molecular flexibility index (Phi) is 6.02. The van der Waals surface area contributed by atoms with Crippen LogP contribution in [0.5, 0.6) is 0 Å². The van der Waals surface area contributed by atoms with Crippen molar-refractivity contribution < 1.29 is 27.5 Å². The van der Waals surface area contributed by atoms with Gasteiger partial charge >= 0.3 is 0 Å². The number of rotatable bonds is 3. The van der Waals surface area contributed by atoms with Gasteiger partial charge in [-0.05, 0) is 23.8 Å². The fraction of sp³-hybridized carbons (Fsp3) is 0.458. The Morgan fingerprint density at radius 1 is 1.00 bits per heavy atom. The smallest absolute Gasteiger partial charge is 0.227 e. The van der Waals surface area contributed by atoms with Crippen molar-refractivity contribution >= 4 is 5.91 Å². The summed E-state index contributed by atoms with van der Waals surface area (Å²) in [5.74, 6) is -5.55. The summed E-state index contributed by atoms with van der Waals surface area (Å²) in [6.07, 6.45) is 0. The molecule has 2 aromatic carbocycles. The van der Waals surface area contributed by atoms with Gasteiger partial charge in [-0.25, -0.2) is 17.6 Å². The Morgan fingerprint density at radius 3 is 2.22 bits per heavy atom. The summed E-state index contributed by atoms with van der Waals surface area (Å²) in [7, 11) is 0. The van der Waals surface area contributed by atoms with Gasteiger partial charge in [0.25, 0.3) is 0 Å². The molecular formula is C24H26F4N2O2. The van der Waals surface area contributed by atoms with Crippen LogP contribution < -0.4 is 5.32 Å². The molecule has 2 heterocycles. The molecular weight excluding hydrogens is 424 g/mol. The van der Waals surface area contributed by atoms with Gasteiger partial charge in [0.2, 0.25) is 5.91 Å². The van der Waals surface area contributed by atoms with Gasteiger partial charge in [0.1, 0.15) is 28.9 Å². The summed E-state index contributed by atoms with van der Waals surface area (Å²) in [4.78, 5) is 15.0. The van der Waals surface area contributed by atoms with E-state index in [0.29, 0.717) is 13.1 Å². The summed E-state index contributed by atoms with van der Waals surface area (Å²) in [6, 6.07) is 6.81. The average Bonchev–Trinajstić information content (AvgIpc) is 3.20. The molecule has 4 rings (SSSR count). The number of nitrogens with zero attached hydrogens (tertiary/aromatic N) is 1. The number of halogens is 4. The van der Waals surface area contributed by atoms with Crippen LogP contribution in [0, 0.1) is 41.0 Å². The summed E-state index contributed by atoms with van der Waals surface area (Å²) in [5.41, 5.74) is -1.87. The van der Waals surface area contributed by atoms with Crippen molar-refractivity contribution in [2.45, 2.75) is 25.4 Å². The quantitative estimate of drug-likeness (QED) is 0.704. The highest BCUT2D eigenvalue weighted by Gasteiger charge is 2.50. The number of hydrogen-bond acceptors (Lipinski definition) is 3. The zero-order valence-corrected chi connectivity index (χ0v) is 17.9. The van der Waals surface area contributed by atoms with Crippen LogP contribution in [0.15, 0.2) is 36.4 Å². The van der Waals surface area contributed by atoms with Crippen LogP contribution in [0.1, 0.15) is 30.9 Å². The standard InChI is InChI=1S/C24H26F4N2O2/c1-13-11-30(12-14(2)24(13,32)22-19(26)4-3-5-20(22)27)23(31)18-10-29-9-17(18)16-7-6-15(25)8-21(16)28/h3-8,13-14,17-18,29,32H,9-12H2,1-2H3/t13?,14?,17-,18+,24?/m0/s1. The molecule has 0 saturated carbocycles. The topological polar surface area (TPSA) is 52.6 Å². The van der Waals surface area contributed by atoms with Crippen molar-refractivity contribution in [3.8, 4) is 0 Å². The molecule has 172 valence electrons. The number of benzene rings is 2. The lowest BCUT2D eigenvalue weighted by Gasteiger charge is -2.48. The summed E-state index contributed by atoms with van der Waals surface area (Å²) in [5, 5.41) is 14.5. The normalized spacial score (nSPS) is 30.5. The van der Waals surface area contributed by atoms with Gasteiger partial charge in [-0.1, -0.05) is 26.0 Å². The lowest BCUT2D eigenvalue weighted by atomic mass is 9.70. The maximum atomic E-state index is 14.5. The monoisotopic (exact) mass is 450 g/mol. The molecule has 2 fully saturated rings. The Hall–Kier alpha value is -2.45. The van der Waals surface area contributed by atoms with Crippen LogP contribution in [-0.4, -0.2) is 42.1 Å². The number of amides is 1. The first-order chi connectivity index (χ1) is 15.1. The predicted octanol–water partition coefficient (Wildman–Crippen LogP) is 3.55.